The molecule has 0 atom stereocenters. The Bertz CT molecular complexity index is 584. The van der Waals surface area contributed by atoms with E-state index < -0.39 is 0 Å². The molecule has 0 aliphatic carbocycles. The molecule has 0 saturated carbocycles. The number of halogens is 1. The largest absolute Gasteiger partial charge is 0.493 e. The zero-order valence-corrected chi connectivity index (χ0v) is 12.4. The van der Waals surface area contributed by atoms with Crippen molar-refractivity contribution in [2.75, 3.05) is 13.7 Å². The predicted octanol–water partition coefficient (Wildman–Crippen LogP) is 2.16. The zero-order valence-electron chi connectivity index (χ0n) is 11.6. The van der Waals surface area contributed by atoms with Crippen LogP contribution in [0.5, 0.6) is 11.5 Å². The molecule has 0 unspecified atom stereocenters. The number of aryl methyl sites for hydroxylation is 1. The number of nitrogens with two attached hydrogens (primary N) is 1. The van der Waals surface area contributed by atoms with Gasteiger partial charge in [0.2, 0.25) is 0 Å². The van der Waals surface area contributed by atoms with Gasteiger partial charge in [-0.2, -0.15) is 5.10 Å². The minimum atomic E-state index is 0.408. The van der Waals surface area contributed by atoms with Crippen LogP contribution in [0.1, 0.15) is 11.3 Å². The molecule has 0 saturated heterocycles. The molecule has 6 heteroatoms. The van der Waals surface area contributed by atoms with E-state index in [1.807, 2.05) is 23.9 Å². The van der Waals surface area contributed by atoms with Gasteiger partial charge in [-0.15, -0.1) is 0 Å². The van der Waals surface area contributed by atoms with Crippen molar-refractivity contribution >= 4 is 11.6 Å². The second-order valence-corrected chi connectivity index (χ2v) is 4.76. The summed E-state index contributed by atoms with van der Waals surface area (Å²) in [5.41, 5.74) is 7.61. The minimum absolute atomic E-state index is 0.408. The number of ether oxygens (including phenoxy) is 2. The van der Waals surface area contributed by atoms with Crippen molar-refractivity contribution in [2.45, 2.75) is 13.0 Å². The molecule has 0 bridgehead atoms. The molecule has 108 valence electrons. The molecule has 20 heavy (non-hydrogen) atoms. The topological polar surface area (TPSA) is 62.3 Å². The summed E-state index contributed by atoms with van der Waals surface area (Å²) in [5.74, 6) is 1.15. The fraction of sp³-hybridized carbons (Fsp3) is 0.357. The third-order valence-corrected chi connectivity index (χ3v) is 3.33. The van der Waals surface area contributed by atoms with Crippen molar-refractivity contribution in [3.63, 3.8) is 0 Å². The smallest absolute Gasteiger partial charge is 0.179 e. The molecule has 1 aromatic heterocycles. The summed E-state index contributed by atoms with van der Waals surface area (Å²) >= 11 is 6.21. The summed E-state index contributed by atoms with van der Waals surface area (Å²) in [4.78, 5) is 0. The average Bonchev–Trinajstić information content (AvgIpc) is 2.85. The summed E-state index contributed by atoms with van der Waals surface area (Å²) in [5, 5.41) is 4.62. The van der Waals surface area contributed by atoms with Crippen LogP contribution in [0.3, 0.4) is 0 Å². The number of hydrogen-bond acceptors (Lipinski definition) is 4. The highest BCUT2D eigenvalue weighted by atomic mass is 35.5. The molecule has 0 radical (unpaired) electrons. The van der Waals surface area contributed by atoms with Gasteiger partial charge in [-0.3, -0.25) is 4.68 Å². The first-order chi connectivity index (χ1) is 9.65. The molecule has 5 nitrogen and oxygen atoms in total. The molecule has 0 spiro atoms. The first-order valence-electron chi connectivity index (χ1n) is 6.32. The fourth-order valence-corrected chi connectivity index (χ4v) is 2.22. The van der Waals surface area contributed by atoms with Crippen LogP contribution in [0.4, 0.5) is 0 Å². The maximum absolute atomic E-state index is 6.21. The zero-order chi connectivity index (χ0) is 14.5. The van der Waals surface area contributed by atoms with E-state index in [2.05, 4.69) is 5.10 Å². The predicted molar refractivity (Wildman–Crippen MR) is 78.3 cm³/mol. The molecular weight excluding hydrogens is 278 g/mol. The SMILES string of the molecule is COc1cc(CN)cc(Cl)c1OCCc1ccnn1C. The van der Waals surface area contributed by atoms with E-state index in [1.165, 1.54) is 0 Å². The number of hydrogen-bond donors (Lipinski definition) is 1. The maximum Gasteiger partial charge on any atom is 0.179 e. The number of benzene rings is 1. The van der Waals surface area contributed by atoms with Crippen LogP contribution in [0.15, 0.2) is 24.4 Å². The van der Waals surface area contributed by atoms with Crippen LogP contribution < -0.4 is 15.2 Å². The number of methoxy groups -OCH3 is 1. The van der Waals surface area contributed by atoms with Crippen molar-refractivity contribution in [2.24, 2.45) is 12.8 Å². The van der Waals surface area contributed by atoms with Gasteiger partial charge in [-0.25, -0.2) is 0 Å². The number of rotatable bonds is 6. The Balaban J connectivity index is 2.07. The third kappa shape index (κ3) is 3.23. The second-order valence-electron chi connectivity index (χ2n) is 4.36. The Kier molecular flexibility index (Phi) is 4.87. The van der Waals surface area contributed by atoms with Gasteiger partial charge in [0.15, 0.2) is 11.5 Å². The molecule has 0 fully saturated rings. The van der Waals surface area contributed by atoms with Gasteiger partial charge < -0.3 is 15.2 Å². The Labute approximate surface area is 123 Å². The molecule has 2 aromatic rings. The van der Waals surface area contributed by atoms with Crippen LogP contribution in [0, 0.1) is 0 Å². The molecule has 2 rings (SSSR count). The van der Waals surface area contributed by atoms with Crippen LogP contribution in [-0.2, 0) is 20.0 Å². The van der Waals surface area contributed by atoms with Gasteiger partial charge in [0.1, 0.15) is 0 Å². The summed E-state index contributed by atoms with van der Waals surface area (Å²) < 4.78 is 12.9. The first kappa shape index (κ1) is 14.7. The fourth-order valence-electron chi connectivity index (χ4n) is 1.94. The Morgan fingerprint density at radius 2 is 2.20 bits per heavy atom. The Morgan fingerprint density at radius 1 is 1.40 bits per heavy atom. The molecule has 2 N–H and O–H groups in total. The quantitative estimate of drug-likeness (QED) is 0.887. The van der Waals surface area contributed by atoms with E-state index in [-0.39, 0.29) is 0 Å². The maximum atomic E-state index is 6.21. The van der Waals surface area contributed by atoms with Crippen molar-refractivity contribution in [1.29, 1.82) is 0 Å². The lowest BCUT2D eigenvalue weighted by Crippen LogP contribution is -2.07. The van der Waals surface area contributed by atoms with E-state index in [0.717, 1.165) is 17.7 Å². The normalized spacial score (nSPS) is 10.6. The standard InChI is InChI=1S/C14H18ClN3O2/c1-18-11(3-5-17-18)4-6-20-14-12(15)7-10(9-16)8-13(14)19-2/h3,5,7-8H,4,6,9,16H2,1-2H3. The lowest BCUT2D eigenvalue weighted by Gasteiger charge is -2.13. The lowest BCUT2D eigenvalue weighted by molar-refractivity contribution is 0.295. The summed E-state index contributed by atoms with van der Waals surface area (Å²) in [6, 6.07) is 5.59. The third-order valence-electron chi connectivity index (χ3n) is 3.05. The molecular formula is C14H18ClN3O2. The van der Waals surface area contributed by atoms with Crippen LogP contribution in [0.2, 0.25) is 5.02 Å². The minimum Gasteiger partial charge on any atom is -0.493 e. The van der Waals surface area contributed by atoms with Crippen LogP contribution in [-0.4, -0.2) is 23.5 Å². The molecule has 0 amide bonds. The lowest BCUT2D eigenvalue weighted by atomic mass is 10.2. The van der Waals surface area contributed by atoms with E-state index in [1.54, 1.807) is 19.4 Å². The Hall–Kier alpha value is -1.72. The van der Waals surface area contributed by atoms with Gasteiger partial charge in [0.25, 0.3) is 0 Å². The van der Waals surface area contributed by atoms with Crippen LogP contribution in [0.25, 0.3) is 0 Å². The molecule has 0 aliphatic rings. The highest BCUT2D eigenvalue weighted by Gasteiger charge is 2.12. The average molecular weight is 296 g/mol. The van der Waals surface area contributed by atoms with Gasteiger partial charge >= 0.3 is 0 Å². The van der Waals surface area contributed by atoms with E-state index in [0.29, 0.717) is 29.7 Å². The summed E-state index contributed by atoms with van der Waals surface area (Å²) in [6.45, 7) is 0.906. The molecule has 0 aliphatic heterocycles. The highest BCUT2D eigenvalue weighted by molar-refractivity contribution is 6.32. The van der Waals surface area contributed by atoms with Crippen molar-refractivity contribution < 1.29 is 9.47 Å². The van der Waals surface area contributed by atoms with Crippen molar-refractivity contribution in [1.82, 2.24) is 9.78 Å². The summed E-state index contributed by atoms with van der Waals surface area (Å²) in [7, 11) is 3.48. The molecule has 1 heterocycles. The van der Waals surface area contributed by atoms with Crippen molar-refractivity contribution in [3.8, 4) is 11.5 Å². The summed E-state index contributed by atoms with van der Waals surface area (Å²) in [6.07, 6.45) is 2.51. The molecule has 1 aromatic carbocycles. The first-order valence-corrected chi connectivity index (χ1v) is 6.69. The van der Waals surface area contributed by atoms with E-state index in [9.17, 15) is 0 Å². The van der Waals surface area contributed by atoms with Gasteiger partial charge in [-0.05, 0) is 23.8 Å². The number of nitrogens with zero attached hydrogens (tertiary/aromatic N) is 2. The van der Waals surface area contributed by atoms with Gasteiger partial charge in [0.05, 0.1) is 18.7 Å². The van der Waals surface area contributed by atoms with E-state index >= 15 is 0 Å². The highest BCUT2D eigenvalue weighted by Crippen LogP contribution is 2.36. The Morgan fingerprint density at radius 3 is 2.80 bits per heavy atom. The number of aromatic nitrogens is 2. The van der Waals surface area contributed by atoms with E-state index in [4.69, 9.17) is 26.8 Å². The van der Waals surface area contributed by atoms with Crippen LogP contribution >= 0.6 is 11.6 Å². The van der Waals surface area contributed by atoms with Gasteiger partial charge in [-0.1, -0.05) is 11.6 Å². The second kappa shape index (κ2) is 6.63. The van der Waals surface area contributed by atoms with Gasteiger partial charge in [0, 0.05) is 31.9 Å². The van der Waals surface area contributed by atoms with Crippen molar-refractivity contribution in [3.05, 3.63) is 40.7 Å². The monoisotopic (exact) mass is 295 g/mol.